The molecule has 0 aliphatic rings. The lowest BCUT2D eigenvalue weighted by atomic mass is 10.1. The molecular formula is C29H36N6O5. The van der Waals surface area contributed by atoms with E-state index in [-0.39, 0.29) is 25.2 Å². The van der Waals surface area contributed by atoms with Crippen LogP contribution in [0.5, 0.6) is 0 Å². The fourth-order valence-electron chi connectivity index (χ4n) is 4.00. The average Bonchev–Trinajstić information content (AvgIpc) is 3.30. The predicted molar refractivity (Wildman–Crippen MR) is 153 cm³/mol. The van der Waals surface area contributed by atoms with Crippen molar-refractivity contribution in [2.24, 2.45) is 10.9 Å². The fraction of sp³-hybridized carbons (Fsp3) is 0.345. The predicted octanol–water partition coefficient (Wildman–Crippen LogP) is 2.75. The summed E-state index contributed by atoms with van der Waals surface area (Å²) in [5.74, 6) is 3.09. The van der Waals surface area contributed by atoms with E-state index < -0.39 is 29.4 Å². The molecule has 1 heterocycles. The molecule has 3 rings (SSSR count). The lowest BCUT2D eigenvalue weighted by Crippen LogP contribution is -2.48. The number of amides is 3. The van der Waals surface area contributed by atoms with Gasteiger partial charge in [-0.2, -0.15) is 5.10 Å². The van der Waals surface area contributed by atoms with Crippen molar-refractivity contribution in [3.8, 4) is 0 Å². The number of esters is 1. The SMILES string of the molecule is CC(C)(C)OC(=O)CC(NC(=O)CCC(=O)Nc1ccc(C=NN)cc1)C(=O)NCCc1c[nH]c2ccccc12. The summed E-state index contributed by atoms with van der Waals surface area (Å²) >= 11 is 0. The van der Waals surface area contributed by atoms with Gasteiger partial charge in [0.05, 0.1) is 12.6 Å². The van der Waals surface area contributed by atoms with Gasteiger partial charge in [0.25, 0.3) is 0 Å². The van der Waals surface area contributed by atoms with Gasteiger partial charge in [-0.1, -0.05) is 30.3 Å². The number of fused-ring (bicyclic) bond motifs is 1. The van der Waals surface area contributed by atoms with Crippen LogP contribution in [0.3, 0.4) is 0 Å². The summed E-state index contributed by atoms with van der Waals surface area (Å²) in [5, 5.41) is 12.6. The maximum absolute atomic E-state index is 13.0. The molecule has 2 aromatic carbocycles. The fourth-order valence-corrected chi connectivity index (χ4v) is 4.00. The lowest BCUT2D eigenvalue weighted by Gasteiger charge is -2.22. The number of hydrogen-bond donors (Lipinski definition) is 5. The topological polar surface area (TPSA) is 168 Å². The number of hydrogen-bond acceptors (Lipinski definition) is 7. The van der Waals surface area contributed by atoms with Crippen molar-refractivity contribution >= 4 is 46.5 Å². The van der Waals surface area contributed by atoms with Gasteiger partial charge in [0, 0.05) is 42.2 Å². The van der Waals surface area contributed by atoms with E-state index in [0.717, 1.165) is 22.0 Å². The van der Waals surface area contributed by atoms with E-state index in [1.165, 1.54) is 6.21 Å². The Kier molecular flexibility index (Phi) is 10.4. The van der Waals surface area contributed by atoms with Gasteiger partial charge in [0.15, 0.2) is 0 Å². The van der Waals surface area contributed by atoms with Gasteiger partial charge >= 0.3 is 5.97 Å². The monoisotopic (exact) mass is 548 g/mol. The van der Waals surface area contributed by atoms with Crippen LogP contribution in [0.15, 0.2) is 59.8 Å². The largest absolute Gasteiger partial charge is 0.460 e. The lowest BCUT2D eigenvalue weighted by molar-refractivity contribution is -0.156. The first kappa shape index (κ1) is 29.9. The molecule has 0 radical (unpaired) electrons. The third-order valence-corrected chi connectivity index (χ3v) is 5.81. The molecule has 1 aromatic heterocycles. The minimum atomic E-state index is -1.15. The molecule has 212 valence electrons. The van der Waals surface area contributed by atoms with Crippen molar-refractivity contribution in [2.75, 3.05) is 11.9 Å². The van der Waals surface area contributed by atoms with Crippen LogP contribution in [0, 0.1) is 0 Å². The minimum absolute atomic E-state index is 0.112. The van der Waals surface area contributed by atoms with Crippen LogP contribution in [0.1, 0.15) is 51.2 Å². The van der Waals surface area contributed by atoms with Gasteiger partial charge in [-0.15, -0.1) is 0 Å². The highest BCUT2D eigenvalue weighted by atomic mass is 16.6. The maximum Gasteiger partial charge on any atom is 0.308 e. The zero-order valence-corrected chi connectivity index (χ0v) is 23.0. The number of aromatic amines is 1. The van der Waals surface area contributed by atoms with Gasteiger partial charge < -0.3 is 31.5 Å². The zero-order chi connectivity index (χ0) is 29.1. The molecule has 0 saturated heterocycles. The summed E-state index contributed by atoms with van der Waals surface area (Å²) in [6.07, 6.45) is 3.30. The average molecular weight is 549 g/mol. The molecular weight excluding hydrogens is 512 g/mol. The summed E-state index contributed by atoms with van der Waals surface area (Å²) in [7, 11) is 0. The molecule has 6 N–H and O–H groups in total. The Morgan fingerprint density at radius 3 is 2.42 bits per heavy atom. The summed E-state index contributed by atoms with van der Waals surface area (Å²) in [6.45, 7) is 5.47. The number of H-pyrrole nitrogens is 1. The van der Waals surface area contributed by atoms with Crippen molar-refractivity contribution in [3.63, 3.8) is 0 Å². The Bertz CT molecular complexity index is 1360. The molecule has 0 fully saturated rings. The Labute approximate surface area is 232 Å². The van der Waals surface area contributed by atoms with Gasteiger partial charge in [0.2, 0.25) is 17.7 Å². The van der Waals surface area contributed by atoms with Crippen LogP contribution in [0.2, 0.25) is 0 Å². The quantitative estimate of drug-likeness (QED) is 0.101. The molecule has 0 aliphatic carbocycles. The van der Waals surface area contributed by atoms with Crippen molar-refractivity contribution in [3.05, 3.63) is 65.9 Å². The van der Waals surface area contributed by atoms with Crippen molar-refractivity contribution in [1.82, 2.24) is 15.6 Å². The second-order valence-electron chi connectivity index (χ2n) is 10.3. The number of aromatic nitrogens is 1. The molecule has 1 atom stereocenters. The summed E-state index contributed by atoms with van der Waals surface area (Å²) < 4.78 is 5.35. The number of hydrazone groups is 1. The summed E-state index contributed by atoms with van der Waals surface area (Å²) in [5.41, 5.74) is 2.62. The van der Waals surface area contributed by atoms with E-state index in [9.17, 15) is 19.2 Å². The summed E-state index contributed by atoms with van der Waals surface area (Å²) in [4.78, 5) is 53.6. The number of carbonyl (C=O) groups is 4. The number of anilines is 1. The molecule has 11 nitrogen and oxygen atoms in total. The first-order valence-electron chi connectivity index (χ1n) is 13.0. The van der Waals surface area contributed by atoms with E-state index in [4.69, 9.17) is 10.6 Å². The van der Waals surface area contributed by atoms with Gasteiger partial charge in [-0.05, 0) is 56.5 Å². The summed E-state index contributed by atoms with van der Waals surface area (Å²) in [6, 6.07) is 13.5. The van der Waals surface area contributed by atoms with Crippen LogP contribution in [0.25, 0.3) is 10.9 Å². The van der Waals surface area contributed by atoms with Crippen LogP contribution in [-0.4, -0.2) is 53.1 Å². The number of rotatable bonds is 12. The maximum atomic E-state index is 13.0. The first-order chi connectivity index (χ1) is 19.0. The molecule has 40 heavy (non-hydrogen) atoms. The molecule has 0 aliphatic heterocycles. The van der Waals surface area contributed by atoms with E-state index >= 15 is 0 Å². The highest BCUT2D eigenvalue weighted by Gasteiger charge is 2.27. The Morgan fingerprint density at radius 1 is 1.02 bits per heavy atom. The minimum Gasteiger partial charge on any atom is -0.460 e. The molecule has 3 amide bonds. The van der Waals surface area contributed by atoms with Gasteiger partial charge in [0.1, 0.15) is 11.6 Å². The highest BCUT2D eigenvalue weighted by molar-refractivity contribution is 5.95. The third kappa shape index (κ3) is 9.57. The van der Waals surface area contributed by atoms with E-state index in [1.807, 2.05) is 30.5 Å². The smallest absolute Gasteiger partial charge is 0.308 e. The van der Waals surface area contributed by atoms with Gasteiger partial charge in [-0.3, -0.25) is 19.2 Å². The van der Waals surface area contributed by atoms with E-state index in [2.05, 4.69) is 26.0 Å². The Balaban J connectivity index is 1.54. The van der Waals surface area contributed by atoms with Crippen LogP contribution in [-0.2, 0) is 30.3 Å². The number of ether oxygens (including phenoxy) is 1. The van der Waals surface area contributed by atoms with Crippen molar-refractivity contribution in [1.29, 1.82) is 0 Å². The normalized spacial score (nSPS) is 12.2. The van der Waals surface area contributed by atoms with Gasteiger partial charge in [-0.25, -0.2) is 0 Å². The number of benzene rings is 2. The van der Waals surface area contributed by atoms with Crippen LogP contribution in [0.4, 0.5) is 5.69 Å². The van der Waals surface area contributed by atoms with E-state index in [0.29, 0.717) is 18.7 Å². The molecule has 0 bridgehead atoms. The molecule has 0 spiro atoms. The Morgan fingerprint density at radius 2 is 1.73 bits per heavy atom. The number of nitrogens with zero attached hydrogens (tertiary/aromatic N) is 1. The second-order valence-corrected chi connectivity index (χ2v) is 10.3. The number of para-hydroxylation sites is 1. The molecule has 11 heteroatoms. The van der Waals surface area contributed by atoms with Crippen molar-refractivity contribution < 1.29 is 23.9 Å². The molecule has 1 unspecified atom stereocenters. The van der Waals surface area contributed by atoms with Crippen molar-refractivity contribution in [2.45, 2.75) is 58.1 Å². The number of nitrogens with two attached hydrogens (primary N) is 1. The third-order valence-electron chi connectivity index (χ3n) is 5.81. The number of nitrogens with one attached hydrogen (secondary N) is 4. The zero-order valence-electron chi connectivity index (χ0n) is 23.0. The molecule has 3 aromatic rings. The molecule has 0 saturated carbocycles. The first-order valence-corrected chi connectivity index (χ1v) is 13.0. The van der Waals surface area contributed by atoms with Crippen LogP contribution < -0.4 is 21.8 Å². The standard InChI is InChI=1S/C29H36N6O5/c1-29(2,3)40-27(38)16-24(28(39)31-15-14-20-18-32-23-7-5-4-6-22(20)23)35-26(37)13-12-25(36)34-21-10-8-19(9-11-21)17-33-30/h4-11,17-18,24,32H,12-16,30H2,1-3H3,(H,31,39)(H,34,36)(H,35,37). The highest BCUT2D eigenvalue weighted by Crippen LogP contribution is 2.18. The van der Waals surface area contributed by atoms with Crippen LogP contribution >= 0.6 is 0 Å². The Hall–Kier alpha value is -4.67. The van der Waals surface area contributed by atoms with E-state index in [1.54, 1.807) is 45.0 Å². The number of carbonyl (C=O) groups excluding carboxylic acids is 4. The second kappa shape index (κ2) is 13.9.